The SMILES string of the molecule is [N-]=[N+]=NCC/C(=C\c1ccc2ccccc2c1)C(=O)c1ccccc1. The number of rotatable bonds is 6. The third kappa shape index (κ3) is 4.14. The first-order valence-electron chi connectivity index (χ1n) is 8.08. The van der Waals surface area contributed by atoms with E-state index >= 15 is 0 Å². The normalized spacial score (nSPS) is 11.1. The fourth-order valence-electron chi connectivity index (χ4n) is 2.74. The molecule has 4 nitrogen and oxygen atoms in total. The van der Waals surface area contributed by atoms with Gasteiger partial charge in [-0.2, -0.15) is 0 Å². The summed E-state index contributed by atoms with van der Waals surface area (Å²) in [4.78, 5) is 15.6. The van der Waals surface area contributed by atoms with Crippen LogP contribution in [0.15, 0.2) is 83.5 Å². The zero-order valence-electron chi connectivity index (χ0n) is 13.7. The van der Waals surface area contributed by atoms with Crippen LogP contribution in [0.4, 0.5) is 0 Å². The van der Waals surface area contributed by atoms with Crippen LogP contribution in [0.1, 0.15) is 22.3 Å². The molecule has 0 aliphatic carbocycles. The molecule has 0 amide bonds. The van der Waals surface area contributed by atoms with Crippen molar-refractivity contribution in [2.45, 2.75) is 6.42 Å². The molecule has 3 aromatic carbocycles. The first-order valence-corrected chi connectivity index (χ1v) is 8.08. The molecule has 0 aromatic heterocycles. The van der Waals surface area contributed by atoms with Crippen LogP contribution in [0.2, 0.25) is 0 Å². The van der Waals surface area contributed by atoms with Crippen LogP contribution in [0.5, 0.6) is 0 Å². The molecular formula is C21H17N3O. The highest BCUT2D eigenvalue weighted by molar-refractivity contribution is 6.11. The quantitative estimate of drug-likeness (QED) is 0.185. The molecule has 0 atom stereocenters. The van der Waals surface area contributed by atoms with E-state index in [1.165, 1.54) is 0 Å². The van der Waals surface area contributed by atoms with E-state index < -0.39 is 0 Å². The van der Waals surface area contributed by atoms with Crippen LogP contribution >= 0.6 is 0 Å². The number of hydrogen-bond donors (Lipinski definition) is 0. The van der Waals surface area contributed by atoms with E-state index in [1.807, 2.05) is 54.6 Å². The largest absolute Gasteiger partial charge is 0.289 e. The van der Waals surface area contributed by atoms with E-state index in [9.17, 15) is 4.79 Å². The van der Waals surface area contributed by atoms with Gasteiger partial charge in [-0.1, -0.05) is 71.8 Å². The third-order valence-electron chi connectivity index (χ3n) is 3.99. The van der Waals surface area contributed by atoms with Gasteiger partial charge in [0, 0.05) is 22.6 Å². The van der Waals surface area contributed by atoms with Gasteiger partial charge in [0.15, 0.2) is 5.78 Å². The summed E-state index contributed by atoms with van der Waals surface area (Å²) in [5.41, 5.74) is 10.7. The predicted molar refractivity (Wildman–Crippen MR) is 101 cm³/mol. The van der Waals surface area contributed by atoms with E-state index in [2.05, 4.69) is 22.2 Å². The second-order valence-corrected chi connectivity index (χ2v) is 5.68. The van der Waals surface area contributed by atoms with Gasteiger partial charge < -0.3 is 0 Å². The minimum Gasteiger partial charge on any atom is -0.289 e. The number of hydrogen-bond acceptors (Lipinski definition) is 2. The summed E-state index contributed by atoms with van der Waals surface area (Å²) in [6, 6.07) is 23.3. The van der Waals surface area contributed by atoms with Gasteiger partial charge in [-0.15, -0.1) is 0 Å². The predicted octanol–water partition coefficient (Wildman–Crippen LogP) is 5.81. The Balaban J connectivity index is 1.97. The molecule has 3 rings (SSSR count). The fraction of sp³-hybridized carbons (Fsp3) is 0.0952. The Hall–Kier alpha value is -3.36. The molecule has 0 spiro atoms. The average molecular weight is 327 g/mol. The second-order valence-electron chi connectivity index (χ2n) is 5.68. The Morgan fingerprint density at radius 3 is 2.44 bits per heavy atom. The Labute approximate surface area is 146 Å². The molecule has 25 heavy (non-hydrogen) atoms. The molecule has 3 aromatic rings. The van der Waals surface area contributed by atoms with Crippen molar-refractivity contribution < 1.29 is 4.79 Å². The highest BCUT2D eigenvalue weighted by Gasteiger charge is 2.11. The van der Waals surface area contributed by atoms with Crippen molar-refractivity contribution in [2.75, 3.05) is 6.54 Å². The number of benzene rings is 3. The minimum absolute atomic E-state index is 0.0399. The highest BCUT2D eigenvalue weighted by Crippen LogP contribution is 2.20. The zero-order valence-corrected chi connectivity index (χ0v) is 13.7. The van der Waals surface area contributed by atoms with Crippen LogP contribution in [-0.2, 0) is 0 Å². The van der Waals surface area contributed by atoms with Crippen LogP contribution in [0.3, 0.4) is 0 Å². The minimum atomic E-state index is -0.0399. The second kappa shape index (κ2) is 7.95. The van der Waals surface area contributed by atoms with Crippen molar-refractivity contribution in [3.05, 3.63) is 99.9 Å². The Morgan fingerprint density at radius 2 is 1.68 bits per heavy atom. The summed E-state index contributed by atoms with van der Waals surface area (Å²) in [6.07, 6.45) is 2.29. The first kappa shape index (κ1) is 16.5. The van der Waals surface area contributed by atoms with Gasteiger partial charge in [-0.3, -0.25) is 4.79 Å². The van der Waals surface area contributed by atoms with Crippen molar-refractivity contribution >= 4 is 22.6 Å². The molecule has 4 heteroatoms. The van der Waals surface area contributed by atoms with Gasteiger partial charge in [0.2, 0.25) is 0 Å². The van der Waals surface area contributed by atoms with Crippen molar-refractivity contribution in [2.24, 2.45) is 5.11 Å². The number of Topliss-reactive ketones (excluding diaryl/α,β-unsaturated/α-hetero) is 1. The Bertz CT molecular complexity index is 971. The number of ketones is 1. The molecule has 0 aliphatic rings. The maximum atomic E-state index is 12.8. The number of carbonyl (C=O) groups is 1. The van der Waals surface area contributed by atoms with Gasteiger partial charge >= 0.3 is 0 Å². The molecule has 0 N–H and O–H groups in total. The van der Waals surface area contributed by atoms with Gasteiger partial charge in [0.1, 0.15) is 0 Å². The topological polar surface area (TPSA) is 65.8 Å². The maximum absolute atomic E-state index is 12.8. The van der Waals surface area contributed by atoms with Gasteiger partial charge in [-0.25, -0.2) is 0 Å². The van der Waals surface area contributed by atoms with E-state index in [0.29, 0.717) is 17.6 Å². The lowest BCUT2D eigenvalue weighted by Gasteiger charge is -2.07. The van der Waals surface area contributed by atoms with Crippen LogP contribution in [-0.4, -0.2) is 12.3 Å². The van der Waals surface area contributed by atoms with Crippen molar-refractivity contribution in [3.8, 4) is 0 Å². The third-order valence-corrected chi connectivity index (χ3v) is 3.99. The molecular weight excluding hydrogens is 310 g/mol. The molecule has 0 unspecified atom stereocenters. The maximum Gasteiger partial charge on any atom is 0.189 e. The Morgan fingerprint density at radius 1 is 0.960 bits per heavy atom. The Kier molecular flexibility index (Phi) is 5.25. The standard InChI is InChI=1S/C21H17N3O/c22-24-23-13-12-20(21(25)18-7-2-1-3-8-18)15-16-10-11-17-6-4-5-9-19(17)14-16/h1-11,14-15H,12-13H2/b20-15+. The van der Waals surface area contributed by atoms with E-state index in [1.54, 1.807) is 12.1 Å². The summed E-state index contributed by atoms with van der Waals surface area (Å²) in [6.45, 7) is 0.258. The molecule has 0 saturated heterocycles. The summed E-state index contributed by atoms with van der Waals surface area (Å²) >= 11 is 0. The number of fused-ring (bicyclic) bond motifs is 1. The summed E-state index contributed by atoms with van der Waals surface area (Å²) in [7, 11) is 0. The van der Waals surface area contributed by atoms with E-state index in [-0.39, 0.29) is 12.3 Å². The molecule has 0 saturated carbocycles. The summed E-state index contributed by atoms with van der Waals surface area (Å²) in [5, 5.41) is 5.85. The molecule has 0 radical (unpaired) electrons. The molecule has 0 bridgehead atoms. The molecule has 0 fully saturated rings. The lowest BCUT2D eigenvalue weighted by Crippen LogP contribution is -2.04. The van der Waals surface area contributed by atoms with Crippen LogP contribution < -0.4 is 0 Å². The first-order chi connectivity index (χ1) is 12.3. The molecule has 0 aliphatic heterocycles. The highest BCUT2D eigenvalue weighted by atomic mass is 16.1. The van der Waals surface area contributed by atoms with Crippen molar-refractivity contribution in [1.29, 1.82) is 0 Å². The smallest absolute Gasteiger partial charge is 0.189 e. The van der Waals surface area contributed by atoms with Crippen molar-refractivity contribution in [1.82, 2.24) is 0 Å². The monoisotopic (exact) mass is 327 g/mol. The lowest BCUT2D eigenvalue weighted by atomic mass is 9.97. The number of carbonyl (C=O) groups excluding carboxylic acids is 1. The zero-order chi connectivity index (χ0) is 17.5. The summed E-state index contributed by atoms with van der Waals surface area (Å²) in [5.74, 6) is -0.0399. The molecule has 0 heterocycles. The fourth-order valence-corrected chi connectivity index (χ4v) is 2.74. The van der Waals surface area contributed by atoms with Crippen LogP contribution in [0.25, 0.3) is 27.3 Å². The van der Waals surface area contributed by atoms with Crippen molar-refractivity contribution in [3.63, 3.8) is 0 Å². The number of azide groups is 1. The van der Waals surface area contributed by atoms with Crippen LogP contribution in [0, 0.1) is 0 Å². The molecule has 122 valence electrons. The lowest BCUT2D eigenvalue weighted by molar-refractivity contribution is 0.103. The summed E-state index contributed by atoms with van der Waals surface area (Å²) < 4.78 is 0. The van der Waals surface area contributed by atoms with Gasteiger partial charge in [0.05, 0.1) is 0 Å². The van der Waals surface area contributed by atoms with E-state index in [4.69, 9.17) is 5.53 Å². The van der Waals surface area contributed by atoms with E-state index in [0.717, 1.165) is 16.3 Å². The van der Waals surface area contributed by atoms with Gasteiger partial charge in [-0.05, 0) is 40.4 Å². The average Bonchev–Trinajstić information content (AvgIpc) is 2.67. The van der Waals surface area contributed by atoms with Gasteiger partial charge in [0.25, 0.3) is 0 Å². The number of nitrogens with zero attached hydrogens (tertiary/aromatic N) is 3.